The number of nitrogens with two attached hydrogens (primary N) is 1. The van der Waals surface area contributed by atoms with E-state index in [-0.39, 0.29) is 5.56 Å². The number of aromatic nitrogens is 1. The summed E-state index contributed by atoms with van der Waals surface area (Å²) in [6.45, 7) is 0.455. The van der Waals surface area contributed by atoms with Gasteiger partial charge in [-0.15, -0.1) is 0 Å². The maximum absolute atomic E-state index is 12.5. The number of rotatable bonds is 2. The number of pyridine rings is 1. The van der Waals surface area contributed by atoms with Crippen molar-refractivity contribution in [2.24, 2.45) is 0 Å². The van der Waals surface area contributed by atoms with E-state index in [4.69, 9.17) is 5.73 Å². The van der Waals surface area contributed by atoms with Crippen LogP contribution in [0.15, 0.2) is 63.9 Å². The predicted octanol–water partition coefficient (Wildman–Crippen LogP) is 3.39. The summed E-state index contributed by atoms with van der Waals surface area (Å²) >= 11 is 3.50. The number of fused-ring (bicyclic) bond motifs is 1. The minimum absolute atomic E-state index is 0.0589. The van der Waals surface area contributed by atoms with E-state index in [2.05, 4.69) is 15.9 Å². The van der Waals surface area contributed by atoms with Crippen molar-refractivity contribution in [3.63, 3.8) is 0 Å². The fourth-order valence-electron chi connectivity index (χ4n) is 2.28. The lowest BCUT2D eigenvalue weighted by molar-refractivity contribution is 0.777. The highest BCUT2D eigenvalue weighted by atomic mass is 79.9. The van der Waals surface area contributed by atoms with Crippen LogP contribution in [0.5, 0.6) is 0 Å². The molecule has 0 amide bonds. The molecule has 0 saturated heterocycles. The minimum atomic E-state index is -0.0589. The number of anilines is 1. The molecule has 3 rings (SSSR count). The van der Waals surface area contributed by atoms with Crippen LogP contribution in [0, 0.1) is 0 Å². The summed E-state index contributed by atoms with van der Waals surface area (Å²) < 4.78 is 2.57. The van der Waals surface area contributed by atoms with Crippen LogP contribution >= 0.6 is 15.9 Å². The summed E-state index contributed by atoms with van der Waals surface area (Å²) in [5.41, 5.74) is 7.00. The average molecular weight is 329 g/mol. The summed E-state index contributed by atoms with van der Waals surface area (Å²) in [7, 11) is 0. The average Bonchev–Trinajstić information content (AvgIpc) is 2.45. The second-order valence-electron chi connectivity index (χ2n) is 4.64. The zero-order valence-electron chi connectivity index (χ0n) is 10.7. The molecule has 0 fully saturated rings. The Hall–Kier alpha value is -2.07. The van der Waals surface area contributed by atoms with Crippen molar-refractivity contribution in [1.29, 1.82) is 0 Å². The van der Waals surface area contributed by atoms with Crippen LogP contribution < -0.4 is 11.3 Å². The molecule has 2 N–H and O–H groups in total. The molecule has 0 aliphatic heterocycles. The Morgan fingerprint density at radius 1 is 1.05 bits per heavy atom. The molecular formula is C16H13BrN2O. The molecule has 3 nitrogen and oxygen atoms in total. The van der Waals surface area contributed by atoms with Crippen molar-refractivity contribution in [2.45, 2.75) is 6.54 Å². The molecule has 0 spiro atoms. The predicted molar refractivity (Wildman–Crippen MR) is 85.9 cm³/mol. The second kappa shape index (κ2) is 5.13. The van der Waals surface area contributed by atoms with E-state index in [9.17, 15) is 4.79 Å². The Morgan fingerprint density at radius 3 is 2.55 bits per heavy atom. The standard InChI is InChI=1S/C16H13BrN2O/c17-14-8-4-2-6-12(14)10-19-15(18)9-11-5-1-3-7-13(11)16(19)20/h1-9H,10,18H2. The maximum atomic E-state index is 12.5. The smallest absolute Gasteiger partial charge is 0.260 e. The molecule has 0 saturated carbocycles. The van der Waals surface area contributed by atoms with Crippen molar-refractivity contribution in [2.75, 3.05) is 5.73 Å². The fourth-order valence-corrected chi connectivity index (χ4v) is 2.69. The number of halogens is 1. The van der Waals surface area contributed by atoms with Crippen molar-refractivity contribution >= 4 is 32.5 Å². The molecule has 0 aliphatic rings. The van der Waals surface area contributed by atoms with Gasteiger partial charge < -0.3 is 5.73 Å². The molecule has 20 heavy (non-hydrogen) atoms. The van der Waals surface area contributed by atoms with Gasteiger partial charge in [0.2, 0.25) is 0 Å². The third-order valence-corrected chi connectivity index (χ3v) is 4.11. The highest BCUT2D eigenvalue weighted by molar-refractivity contribution is 9.10. The first-order valence-corrected chi connectivity index (χ1v) is 7.07. The van der Waals surface area contributed by atoms with Gasteiger partial charge >= 0.3 is 0 Å². The third-order valence-electron chi connectivity index (χ3n) is 3.34. The van der Waals surface area contributed by atoms with E-state index in [1.54, 1.807) is 4.57 Å². The number of nitrogen functional groups attached to an aromatic ring is 1. The molecule has 1 aromatic heterocycles. The molecule has 0 unspecified atom stereocenters. The summed E-state index contributed by atoms with van der Waals surface area (Å²) in [6, 6.07) is 17.2. The Morgan fingerprint density at radius 2 is 1.75 bits per heavy atom. The van der Waals surface area contributed by atoms with Gasteiger partial charge in [-0.2, -0.15) is 0 Å². The van der Waals surface area contributed by atoms with Crippen molar-refractivity contribution < 1.29 is 0 Å². The number of hydrogen-bond donors (Lipinski definition) is 1. The first-order valence-electron chi connectivity index (χ1n) is 6.28. The van der Waals surface area contributed by atoms with Gasteiger partial charge in [0.05, 0.1) is 6.54 Å². The molecule has 0 bridgehead atoms. The second-order valence-corrected chi connectivity index (χ2v) is 5.49. The lowest BCUT2D eigenvalue weighted by atomic mass is 10.1. The third kappa shape index (κ3) is 2.23. The quantitative estimate of drug-likeness (QED) is 0.783. The van der Waals surface area contributed by atoms with Crippen LogP contribution in [-0.4, -0.2) is 4.57 Å². The van der Waals surface area contributed by atoms with Gasteiger partial charge in [0.15, 0.2) is 0 Å². The summed E-state index contributed by atoms with van der Waals surface area (Å²) in [5.74, 6) is 0.476. The molecule has 4 heteroatoms. The number of benzene rings is 2. The van der Waals surface area contributed by atoms with Gasteiger partial charge in [-0.3, -0.25) is 9.36 Å². The maximum Gasteiger partial charge on any atom is 0.260 e. The van der Waals surface area contributed by atoms with Crippen LogP contribution in [-0.2, 0) is 6.54 Å². The van der Waals surface area contributed by atoms with Crippen molar-refractivity contribution in [3.05, 3.63) is 75.0 Å². The summed E-state index contributed by atoms with van der Waals surface area (Å²) in [5, 5.41) is 1.56. The molecule has 1 heterocycles. The van der Waals surface area contributed by atoms with E-state index in [1.807, 2.05) is 54.6 Å². The van der Waals surface area contributed by atoms with Gasteiger partial charge in [0.1, 0.15) is 5.82 Å². The van der Waals surface area contributed by atoms with E-state index in [0.717, 1.165) is 15.4 Å². The van der Waals surface area contributed by atoms with Crippen LogP contribution in [0.2, 0.25) is 0 Å². The lowest BCUT2D eigenvalue weighted by Gasteiger charge is -2.12. The first-order chi connectivity index (χ1) is 9.66. The van der Waals surface area contributed by atoms with Crippen LogP contribution in [0.25, 0.3) is 10.8 Å². The van der Waals surface area contributed by atoms with Crippen LogP contribution in [0.4, 0.5) is 5.82 Å². The SMILES string of the molecule is Nc1cc2ccccc2c(=O)n1Cc1ccccc1Br. The summed E-state index contributed by atoms with van der Waals surface area (Å²) in [4.78, 5) is 12.5. The highest BCUT2D eigenvalue weighted by Gasteiger charge is 2.08. The Balaban J connectivity index is 2.17. The molecular weight excluding hydrogens is 316 g/mol. The Bertz CT molecular complexity index is 839. The van der Waals surface area contributed by atoms with Crippen LogP contribution in [0.3, 0.4) is 0 Å². The fraction of sp³-hybridized carbons (Fsp3) is 0.0625. The van der Waals surface area contributed by atoms with Gasteiger partial charge in [0, 0.05) is 9.86 Å². The summed E-state index contributed by atoms with van der Waals surface area (Å²) in [6.07, 6.45) is 0. The largest absolute Gasteiger partial charge is 0.385 e. The topological polar surface area (TPSA) is 48.0 Å². The van der Waals surface area contributed by atoms with E-state index in [0.29, 0.717) is 17.7 Å². The Labute approximate surface area is 124 Å². The molecule has 0 aliphatic carbocycles. The minimum Gasteiger partial charge on any atom is -0.385 e. The zero-order chi connectivity index (χ0) is 14.1. The Kier molecular flexibility index (Phi) is 3.32. The number of hydrogen-bond acceptors (Lipinski definition) is 2. The van der Waals surface area contributed by atoms with E-state index < -0.39 is 0 Å². The molecule has 0 atom stereocenters. The van der Waals surface area contributed by atoms with Gasteiger partial charge in [-0.25, -0.2) is 0 Å². The lowest BCUT2D eigenvalue weighted by Crippen LogP contribution is -2.23. The molecule has 0 radical (unpaired) electrons. The van der Waals surface area contributed by atoms with Crippen LogP contribution in [0.1, 0.15) is 5.56 Å². The van der Waals surface area contributed by atoms with Gasteiger partial charge in [-0.05, 0) is 29.1 Å². The highest BCUT2D eigenvalue weighted by Crippen LogP contribution is 2.19. The van der Waals surface area contributed by atoms with Crippen molar-refractivity contribution in [1.82, 2.24) is 4.57 Å². The first kappa shape index (κ1) is 12.9. The van der Waals surface area contributed by atoms with Gasteiger partial charge in [-0.1, -0.05) is 52.3 Å². The van der Waals surface area contributed by atoms with E-state index >= 15 is 0 Å². The normalized spacial score (nSPS) is 10.8. The van der Waals surface area contributed by atoms with Crippen molar-refractivity contribution in [3.8, 4) is 0 Å². The molecule has 100 valence electrons. The zero-order valence-corrected chi connectivity index (χ0v) is 12.3. The molecule has 2 aromatic carbocycles. The molecule has 3 aromatic rings. The monoisotopic (exact) mass is 328 g/mol. The van der Waals surface area contributed by atoms with Gasteiger partial charge in [0.25, 0.3) is 5.56 Å². The number of nitrogens with zero attached hydrogens (tertiary/aromatic N) is 1. The van der Waals surface area contributed by atoms with E-state index in [1.165, 1.54) is 0 Å².